The van der Waals surface area contributed by atoms with Gasteiger partial charge in [-0.15, -0.1) is 0 Å². The van der Waals surface area contributed by atoms with E-state index in [9.17, 15) is 0 Å². The molecule has 0 atom stereocenters. The monoisotopic (exact) mass is 171 g/mol. The fraction of sp³-hybridized carbons (Fsp3) is 1.00. The third kappa shape index (κ3) is 2.73. The first-order chi connectivity index (χ1) is 5.76. The van der Waals surface area contributed by atoms with Gasteiger partial charge in [0.25, 0.3) is 0 Å². The van der Waals surface area contributed by atoms with Crippen molar-refractivity contribution in [2.75, 3.05) is 39.9 Å². The van der Waals surface area contributed by atoms with Crippen molar-refractivity contribution in [3.05, 3.63) is 0 Å². The van der Waals surface area contributed by atoms with E-state index < -0.39 is 0 Å². The molecule has 0 bridgehead atoms. The lowest BCUT2D eigenvalue weighted by Gasteiger charge is -2.40. The minimum atomic E-state index is 0.685. The van der Waals surface area contributed by atoms with Gasteiger partial charge in [0.1, 0.15) is 0 Å². The Morgan fingerprint density at radius 3 is 2.67 bits per heavy atom. The molecule has 72 valence electrons. The van der Waals surface area contributed by atoms with Gasteiger partial charge in [-0.1, -0.05) is 6.92 Å². The van der Waals surface area contributed by atoms with Gasteiger partial charge in [0.2, 0.25) is 0 Å². The summed E-state index contributed by atoms with van der Waals surface area (Å²) in [6, 6.07) is 0. The number of hydrogen-bond acceptors (Lipinski definition) is 3. The molecule has 1 aliphatic heterocycles. The molecule has 0 spiro atoms. The van der Waals surface area contributed by atoms with Crippen LogP contribution in [0.1, 0.15) is 13.3 Å². The second kappa shape index (κ2) is 4.80. The van der Waals surface area contributed by atoms with Gasteiger partial charge in [-0.2, -0.15) is 0 Å². The maximum atomic E-state index is 5.50. The van der Waals surface area contributed by atoms with Crippen molar-refractivity contribution < 1.29 is 0 Å². The first-order valence-corrected chi connectivity index (χ1v) is 4.87. The molecule has 3 nitrogen and oxygen atoms in total. The van der Waals surface area contributed by atoms with Gasteiger partial charge in [0, 0.05) is 26.3 Å². The molecule has 0 amide bonds. The fourth-order valence-corrected chi connectivity index (χ4v) is 1.81. The van der Waals surface area contributed by atoms with Crippen LogP contribution in [0.3, 0.4) is 0 Å². The van der Waals surface area contributed by atoms with E-state index in [2.05, 4.69) is 23.8 Å². The highest BCUT2D eigenvalue weighted by Crippen LogP contribution is 2.15. The van der Waals surface area contributed by atoms with E-state index in [0.717, 1.165) is 12.5 Å². The maximum absolute atomic E-state index is 5.50. The molecule has 3 heteroatoms. The number of rotatable bonds is 5. The Morgan fingerprint density at radius 2 is 2.17 bits per heavy atom. The predicted molar refractivity (Wildman–Crippen MR) is 51.9 cm³/mol. The number of nitrogens with zero attached hydrogens (tertiary/aromatic N) is 2. The highest BCUT2D eigenvalue weighted by Gasteiger charge is 2.25. The zero-order valence-electron chi connectivity index (χ0n) is 8.29. The molecule has 1 fully saturated rings. The molecule has 12 heavy (non-hydrogen) atoms. The van der Waals surface area contributed by atoms with Crippen molar-refractivity contribution in [2.45, 2.75) is 13.3 Å². The zero-order valence-corrected chi connectivity index (χ0v) is 8.29. The molecule has 0 unspecified atom stereocenters. The zero-order chi connectivity index (χ0) is 8.97. The Hall–Kier alpha value is -0.120. The summed E-state index contributed by atoms with van der Waals surface area (Å²) in [6.45, 7) is 7.90. The molecule has 0 aromatic carbocycles. The van der Waals surface area contributed by atoms with Crippen molar-refractivity contribution >= 4 is 0 Å². The molecule has 0 aromatic heterocycles. The van der Waals surface area contributed by atoms with Crippen LogP contribution in [0.15, 0.2) is 0 Å². The summed E-state index contributed by atoms with van der Waals surface area (Å²) in [5, 5.41) is 0. The van der Waals surface area contributed by atoms with Crippen LogP contribution >= 0.6 is 0 Å². The largest absolute Gasteiger partial charge is 0.318 e. The van der Waals surface area contributed by atoms with Gasteiger partial charge in [0.05, 0.1) is 0 Å². The summed E-state index contributed by atoms with van der Waals surface area (Å²) in [6.07, 6.45) is 1.28. The van der Waals surface area contributed by atoms with Gasteiger partial charge in [-0.25, -0.2) is 0 Å². The lowest BCUT2D eigenvalue weighted by Crippen LogP contribution is -2.51. The molecule has 1 heterocycles. The van der Waals surface area contributed by atoms with Gasteiger partial charge >= 0.3 is 0 Å². The highest BCUT2D eigenvalue weighted by atomic mass is 15.2. The van der Waals surface area contributed by atoms with Crippen LogP contribution in [0.25, 0.3) is 0 Å². The SMILES string of the molecule is CCCN1CC(CN(C)CN)C1. The summed E-state index contributed by atoms with van der Waals surface area (Å²) in [7, 11) is 2.09. The summed E-state index contributed by atoms with van der Waals surface area (Å²) >= 11 is 0. The lowest BCUT2D eigenvalue weighted by molar-refractivity contribution is 0.0752. The van der Waals surface area contributed by atoms with Gasteiger partial charge in [-0.3, -0.25) is 4.90 Å². The topological polar surface area (TPSA) is 32.5 Å². The van der Waals surface area contributed by atoms with Gasteiger partial charge in [0.15, 0.2) is 0 Å². The van der Waals surface area contributed by atoms with Gasteiger partial charge in [-0.05, 0) is 25.9 Å². The summed E-state index contributed by atoms with van der Waals surface area (Å²) in [5.41, 5.74) is 5.50. The molecule has 0 radical (unpaired) electrons. The van der Waals surface area contributed by atoms with E-state index in [0.29, 0.717) is 6.67 Å². The normalized spacial score (nSPS) is 20.0. The van der Waals surface area contributed by atoms with E-state index in [1.54, 1.807) is 0 Å². The van der Waals surface area contributed by atoms with E-state index in [4.69, 9.17) is 5.73 Å². The van der Waals surface area contributed by atoms with E-state index in [1.165, 1.54) is 26.1 Å². The second-order valence-electron chi connectivity index (χ2n) is 3.85. The fourth-order valence-electron chi connectivity index (χ4n) is 1.81. The molecule has 2 N–H and O–H groups in total. The van der Waals surface area contributed by atoms with Crippen LogP contribution < -0.4 is 5.73 Å². The first-order valence-electron chi connectivity index (χ1n) is 4.87. The Labute approximate surface area is 75.5 Å². The van der Waals surface area contributed by atoms with Crippen LogP contribution in [-0.4, -0.2) is 49.7 Å². The minimum Gasteiger partial charge on any atom is -0.318 e. The molecular formula is C9H21N3. The molecule has 0 saturated carbocycles. The Kier molecular flexibility index (Phi) is 3.98. The summed E-state index contributed by atoms with van der Waals surface area (Å²) < 4.78 is 0. The van der Waals surface area contributed by atoms with Crippen molar-refractivity contribution in [3.8, 4) is 0 Å². The van der Waals surface area contributed by atoms with Crippen molar-refractivity contribution in [2.24, 2.45) is 11.7 Å². The predicted octanol–water partition coefficient (Wildman–Crippen LogP) is 0.176. The molecule has 0 aliphatic carbocycles. The average molecular weight is 171 g/mol. The smallest absolute Gasteiger partial charge is 0.0452 e. The van der Waals surface area contributed by atoms with Crippen LogP contribution in [0.5, 0.6) is 0 Å². The van der Waals surface area contributed by atoms with E-state index >= 15 is 0 Å². The molecule has 1 rings (SSSR count). The minimum absolute atomic E-state index is 0.685. The summed E-state index contributed by atoms with van der Waals surface area (Å²) in [5.74, 6) is 0.866. The van der Waals surface area contributed by atoms with Crippen molar-refractivity contribution in [1.82, 2.24) is 9.80 Å². The van der Waals surface area contributed by atoms with Crippen molar-refractivity contribution in [1.29, 1.82) is 0 Å². The second-order valence-corrected chi connectivity index (χ2v) is 3.85. The van der Waals surface area contributed by atoms with Gasteiger partial charge < -0.3 is 10.6 Å². The van der Waals surface area contributed by atoms with E-state index in [-0.39, 0.29) is 0 Å². The molecule has 1 aliphatic rings. The molecular weight excluding hydrogens is 150 g/mol. The third-order valence-electron chi connectivity index (χ3n) is 2.45. The Morgan fingerprint density at radius 1 is 1.50 bits per heavy atom. The Bertz CT molecular complexity index is 121. The van der Waals surface area contributed by atoms with Crippen molar-refractivity contribution in [3.63, 3.8) is 0 Å². The third-order valence-corrected chi connectivity index (χ3v) is 2.45. The maximum Gasteiger partial charge on any atom is 0.0452 e. The van der Waals surface area contributed by atoms with E-state index in [1.807, 2.05) is 0 Å². The first kappa shape index (κ1) is 9.96. The van der Waals surface area contributed by atoms with Crippen LogP contribution in [0.2, 0.25) is 0 Å². The quantitative estimate of drug-likeness (QED) is 0.599. The number of likely N-dealkylation sites (tertiary alicyclic amines) is 1. The van der Waals surface area contributed by atoms with Crippen LogP contribution in [0, 0.1) is 5.92 Å². The average Bonchev–Trinajstić information content (AvgIpc) is 2.00. The molecule has 0 aromatic rings. The number of nitrogens with two attached hydrogens (primary N) is 1. The highest BCUT2D eigenvalue weighted by molar-refractivity contribution is 4.80. The Balaban J connectivity index is 2.01. The summed E-state index contributed by atoms with van der Waals surface area (Å²) in [4.78, 5) is 4.70. The lowest BCUT2D eigenvalue weighted by atomic mass is 10.00. The van der Waals surface area contributed by atoms with Crippen LogP contribution in [0.4, 0.5) is 0 Å². The number of hydrogen-bond donors (Lipinski definition) is 1. The molecule has 1 saturated heterocycles. The standard InChI is InChI=1S/C9H21N3/c1-3-4-12-6-9(7-12)5-11(2)8-10/h9H,3-8,10H2,1-2H3. The van der Waals surface area contributed by atoms with Crippen LogP contribution in [-0.2, 0) is 0 Å².